The number of nitrogens with zero attached hydrogens (tertiary/aromatic N) is 2. The van der Waals surface area contributed by atoms with E-state index >= 15 is 0 Å². The molecule has 0 aliphatic carbocycles. The predicted molar refractivity (Wildman–Crippen MR) is 94.7 cm³/mol. The molecular formula is C15H19BrN4S. The largest absolute Gasteiger partial charge is 0.362 e. The molecule has 0 radical (unpaired) electrons. The zero-order valence-electron chi connectivity index (χ0n) is 12.2. The van der Waals surface area contributed by atoms with E-state index in [-0.39, 0.29) is 0 Å². The highest BCUT2D eigenvalue weighted by molar-refractivity contribution is 9.10. The predicted octanol–water partition coefficient (Wildman–Crippen LogP) is 3.64. The summed E-state index contributed by atoms with van der Waals surface area (Å²) in [7, 11) is 0. The van der Waals surface area contributed by atoms with Crippen molar-refractivity contribution in [2.45, 2.75) is 26.8 Å². The Kier molecular flexibility index (Phi) is 5.76. The first-order chi connectivity index (χ1) is 10.0. The van der Waals surface area contributed by atoms with Crippen LogP contribution in [0, 0.1) is 13.8 Å². The van der Waals surface area contributed by atoms with Crippen molar-refractivity contribution in [3.63, 3.8) is 0 Å². The fourth-order valence-corrected chi connectivity index (χ4v) is 2.52. The molecule has 2 rings (SSSR count). The Labute approximate surface area is 139 Å². The first-order valence-corrected chi connectivity index (χ1v) is 8.06. The number of hydrogen-bond donors (Lipinski definition) is 2. The van der Waals surface area contributed by atoms with Gasteiger partial charge in [-0.15, -0.1) is 0 Å². The average molecular weight is 367 g/mol. The van der Waals surface area contributed by atoms with E-state index in [1.54, 1.807) is 0 Å². The molecule has 1 aromatic carbocycles. The van der Waals surface area contributed by atoms with Crippen LogP contribution in [0.1, 0.15) is 17.8 Å². The van der Waals surface area contributed by atoms with Crippen LogP contribution < -0.4 is 10.6 Å². The van der Waals surface area contributed by atoms with Gasteiger partial charge in [0.2, 0.25) is 0 Å². The van der Waals surface area contributed by atoms with Crippen molar-refractivity contribution in [1.29, 1.82) is 0 Å². The maximum atomic E-state index is 5.27. The van der Waals surface area contributed by atoms with Crippen molar-refractivity contribution >= 4 is 38.9 Å². The van der Waals surface area contributed by atoms with Crippen LogP contribution in [-0.2, 0) is 6.54 Å². The van der Waals surface area contributed by atoms with Gasteiger partial charge in [-0.2, -0.15) is 5.10 Å². The van der Waals surface area contributed by atoms with Crippen LogP contribution in [0.5, 0.6) is 0 Å². The molecule has 0 bridgehead atoms. The number of benzene rings is 1. The van der Waals surface area contributed by atoms with Gasteiger partial charge in [0.05, 0.1) is 5.69 Å². The Bertz CT molecular complexity index is 607. The van der Waals surface area contributed by atoms with Crippen LogP contribution in [0.3, 0.4) is 0 Å². The molecule has 2 N–H and O–H groups in total. The summed E-state index contributed by atoms with van der Waals surface area (Å²) in [5.41, 5.74) is 3.24. The fraction of sp³-hybridized carbons (Fsp3) is 0.333. The molecule has 0 atom stereocenters. The van der Waals surface area contributed by atoms with E-state index in [0.29, 0.717) is 5.11 Å². The highest BCUT2D eigenvalue weighted by Gasteiger charge is 2.01. The standard InChI is InChI=1S/C15H19BrN4S/c1-11-10-12(2)20(19-11)9-3-8-17-15(21)18-14-6-4-13(16)5-7-14/h4-7,10H,3,8-9H2,1-2H3,(H2,17,18,21). The third-order valence-electron chi connectivity index (χ3n) is 3.04. The Balaban J connectivity index is 1.70. The third-order valence-corrected chi connectivity index (χ3v) is 3.81. The average Bonchev–Trinajstić information content (AvgIpc) is 2.76. The smallest absolute Gasteiger partial charge is 0.170 e. The van der Waals surface area contributed by atoms with E-state index in [9.17, 15) is 0 Å². The van der Waals surface area contributed by atoms with Gasteiger partial charge in [-0.3, -0.25) is 4.68 Å². The molecule has 0 aliphatic heterocycles. The van der Waals surface area contributed by atoms with Crippen molar-refractivity contribution in [1.82, 2.24) is 15.1 Å². The number of nitrogens with one attached hydrogen (secondary N) is 2. The van der Waals surface area contributed by atoms with Crippen molar-refractivity contribution in [3.8, 4) is 0 Å². The SMILES string of the molecule is Cc1cc(C)n(CCCNC(=S)Nc2ccc(Br)cc2)n1. The molecule has 0 spiro atoms. The van der Waals surface area contributed by atoms with Gasteiger partial charge in [0, 0.05) is 28.9 Å². The molecule has 0 saturated carbocycles. The number of rotatable bonds is 5. The second-order valence-electron chi connectivity index (χ2n) is 4.89. The first kappa shape index (κ1) is 16.0. The number of aromatic nitrogens is 2. The topological polar surface area (TPSA) is 41.9 Å². The summed E-state index contributed by atoms with van der Waals surface area (Å²) in [4.78, 5) is 0. The molecular weight excluding hydrogens is 348 g/mol. The van der Waals surface area contributed by atoms with Crippen LogP contribution >= 0.6 is 28.1 Å². The Morgan fingerprint density at radius 3 is 2.62 bits per heavy atom. The summed E-state index contributed by atoms with van der Waals surface area (Å²) in [6, 6.07) is 10.0. The second kappa shape index (κ2) is 7.56. The molecule has 0 saturated heterocycles. The van der Waals surface area contributed by atoms with E-state index in [2.05, 4.69) is 44.7 Å². The molecule has 1 heterocycles. The van der Waals surface area contributed by atoms with Crippen molar-refractivity contribution in [3.05, 3.63) is 46.2 Å². The number of halogens is 1. The number of anilines is 1. The Morgan fingerprint density at radius 2 is 2.00 bits per heavy atom. The lowest BCUT2D eigenvalue weighted by Crippen LogP contribution is -2.29. The lowest BCUT2D eigenvalue weighted by atomic mass is 10.3. The van der Waals surface area contributed by atoms with Crippen molar-refractivity contribution in [2.75, 3.05) is 11.9 Å². The normalized spacial score (nSPS) is 10.4. The fourth-order valence-electron chi connectivity index (χ4n) is 2.04. The third kappa shape index (κ3) is 5.13. The van der Waals surface area contributed by atoms with Gasteiger partial charge in [-0.25, -0.2) is 0 Å². The maximum Gasteiger partial charge on any atom is 0.170 e. The summed E-state index contributed by atoms with van der Waals surface area (Å²) in [5, 5.41) is 11.5. The highest BCUT2D eigenvalue weighted by atomic mass is 79.9. The minimum absolute atomic E-state index is 0.644. The molecule has 4 nitrogen and oxygen atoms in total. The van der Waals surface area contributed by atoms with Gasteiger partial charge in [-0.1, -0.05) is 15.9 Å². The maximum absolute atomic E-state index is 5.27. The Hall–Kier alpha value is -1.40. The van der Waals surface area contributed by atoms with Gasteiger partial charge in [0.1, 0.15) is 0 Å². The summed E-state index contributed by atoms with van der Waals surface area (Å²) < 4.78 is 3.08. The first-order valence-electron chi connectivity index (χ1n) is 6.86. The zero-order chi connectivity index (χ0) is 15.2. The minimum Gasteiger partial charge on any atom is -0.362 e. The van der Waals surface area contributed by atoms with Crippen LogP contribution in [0.25, 0.3) is 0 Å². The van der Waals surface area contributed by atoms with Gasteiger partial charge in [-0.05, 0) is 62.8 Å². The zero-order valence-corrected chi connectivity index (χ0v) is 14.6. The Morgan fingerprint density at radius 1 is 1.29 bits per heavy atom. The molecule has 112 valence electrons. The van der Waals surface area contributed by atoms with Crippen LogP contribution in [0.2, 0.25) is 0 Å². The van der Waals surface area contributed by atoms with Crippen LogP contribution in [0.4, 0.5) is 5.69 Å². The summed E-state index contributed by atoms with van der Waals surface area (Å²) in [6.07, 6.45) is 0.976. The van der Waals surface area contributed by atoms with Crippen molar-refractivity contribution < 1.29 is 0 Å². The van der Waals surface area contributed by atoms with E-state index in [0.717, 1.165) is 35.4 Å². The van der Waals surface area contributed by atoms with Gasteiger partial charge >= 0.3 is 0 Å². The quantitative estimate of drug-likeness (QED) is 0.626. The number of hydrogen-bond acceptors (Lipinski definition) is 2. The highest BCUT2D eigenvalue weighted by Crippen LogP contribution is 2.13. The monoisotopic (exact) mass is 366 g/mol. The molecule has 6 heteroatoms. The number of aryl methyl sites for hydroxylation is 3. The van der Waals surface area contributed by atoms with Crippen molar-refractivity contribution in [2.24, 2.45) is 0 Å². The van der Waals surface area contributed by atoms with Crippen LogP contribution in [-0.4, -0.2) is 21.4 Å². The minimum atomic E-state index is 0.644. The molecule has 0 unspecified atom stereocenters. The molecule has 0 aliphatic rings. The van der Waals surface area contributed by atoms with E-state index in [1.165, 1.54) is 5.69 Å². The molecule has 0 fully saturated rings. The number of thiocarbonyl (C=S) groups is 1. The lowest BCUT2D eigenvalue weighted by molar-refractivity contribution is 0.558. The summed E-state index contributed by atoms with van der Waals surface area (Å²) in [5.74, 6) is 0. The molecule has 21 heavy (non-hydrogen) atoms. The van der Waals surface area contributed by atoms with Gasteiger partial charge < -0.3 is 10.6 Å². The van der Waals surface area contributed by atoms with E-state index in [4.69, 9.17) is 12.2 Å². The molecule has 1 aromatic heterocycles. The van der Waals surface area contributed by atoms with E-state index < -0.39 is 0 Å². The summed E-state index contributed by atoms with van der Waals surface area (Å²) >= 11 is 8.68. The van der Waals surface area contributed by atoms with E-state index in [1.807, 2.05) is 35.9 Å². The van der Waals surface area contributed by atoms with Gasteiger partial charge in [0.15, 0.2) is 5.11 Å². The van der Waals surface area contributed by atoms with Gasteiger partial charge in [0.25, 0.3) is 0 Å². The second-order valence-corrected chi connectivity index (χ2v) is 6.22. The molecule has 2 aromatic rings. The summed E-state index contributed by atoms with van der Waals surface area (Å²) in [6.45, 7) is 5.81. The lowest BCUT2D eigenvalue weighted by Gasteiger charge is -2.11. The molecule has 0 amide bonds. The van der Waals surface area contributed by atoms with Crippen LogP contribution in [0.15, 0.2) is 34.8 Å².